The van der Waals surface area contributed by atoms with Crippen LogP contribution >= 0.6 is 0 Å². The smallest absolute Gasteiger partial charge is 0.127 e. The van der Waals surface area contributed by atoms with Gasteiger partial charge in [0.1, 0.15) is 5.82 Å². The Labute approximate surface area is 90.1 Å². The van der Waals surface area contributed by atoms with Gasteiger partial charge in [0.25, 0.3) is 0 Å². The Morgan fingerprint density at radius 2 is 2.27 bits per heavy atom. The fourth-order valence-electron chi connectivity index (χ4n) is 2.00. The summed E-state index contributed by atoms with van der Waals surface area (Å²) in [6.45, 7) is 2.83. The first kappa shape index (κ1) is 10.6. The van der Waals surface area contributed by atoms with E-state index in [1.54, 1.807) is 6.07 Å². The van der Waals surface area contributed by atoms with E-state index in [0.717, 1.165) is 25.1 Å². The lowest BCUT2D eigenvalue weighted by Crippen LogP contribution is -2.31. The van der Waals surface area contributed by atoms with E-state index in [9.17, 15) is 4.39 Å². The fourth-order valence-corrected chi connectivity index (χ4v) is 2.00. The van der Waals surface area contributed by atoms with Gasteiger partial charge in [-0.1, -0.05) is 18.2 Å². The highest BCUT2D eigenvalue weighted by Gasteiger charge is 2.18. The molecule has 0 aliphatic carbocycles. The van der Waals surface area contributed by atoms with Crippen LogP contribution in [0.3, 0.4) is 0 Å². The highest BCUT2D eigenvalue weighted by molar-refractivity contribution is 5.17. The van der Waals surface area contributed by atoms with E-state index in [0.29, 0.717) is 12.6 Å². The van der Waals surface area contributed by atoms with E-state index in [1.807, 2.05) is 12.1 Å². The van der Waals surface area contributed by atoms with Gasteiger partial charge in [-0.2, -0.15) is 0 Å². The number of benzene rings is 1. The molecule has 1 aromatic carbocycles. The Balaban J connectivity index is 1.86. The molecule has 3 heteroatoms. The van der Waals surface area contributed by atoms with Crippen LogP contribution in [0.1, 0.15) is 12.0 Å². The third-order valence-electron chi connectivity index (χ3n) is 2.93. The van der Waals surface area contributed by atoms with Crippen molar-refractivity contribution in [1.29, 1.82) is 0 Å². The summed E-state index contributed by atoms with van der Waals surface area (Å²) >= 11 is 0. The van der Waals surface area contributed by atoms with Crippen LogP contribution in [0.5, 0.6) is 0 Å². The zero-order valence-electron chi connectivity index (χ0n) is 9.04. The maximum atomic E-state index is 13.3. The predicted octanol–water partition coefficient (Wildman–Crippen LogP) is 1.62. The van der Waals surface area contributed by atoms with E-state index < -0.39 is 0 Å². The van der Waals surface area contributed by atoms with Crippen molar-refractivity contribution in [2.24, 2.45) is 0 Å². The van der Waals surface area contributed by atoms with Gasteiger partial charge >= 0.3 is 0 Å². The summed E-state index contributed by atoms with van der Waals surface area (Å²) in [7, 11) is 2.12. The molecule has 0 unspecified atom stereocenters. The molecule has 0 aromatic heterocycles. The lowest BCUT2D eigenvalue weighted by Gasteiger charge is -2.12. The molecule has 1 atom stereocenters. The Kier molecular flexibility index (Phi) is 3.34. The highest BCUT2D eigenvalue weighted by atomic mass is 19.1. The van der Waals surface area contributed by atoms with Crippen molar-refractivity contribution < 1.29 is 4.39 Å². The average molecular weight is 208 g/mol. The van der Waals surface area contributed by atoms with E-state index in [2.05, 4.69) is 17.3 Å². The predicted molar refractivity (Wildman–Crippen MR) is 59.1 cm³/mol. The zero-order valence-corrected chi connectivity index (χ0v) is 9.04. The summed E-state index contributed by atoms with van der Waals surface area (Å²) in [6, 6.07) is 7.46. The van der Waals surface area contributed by atoms with Gasteiger partial charge in [0.05, 0.1) is 0 Å². The Bertz CT molecular complexity index is 327. The summed E-state index contributed by atoms with van der Waals surface area (Å²) in [5.74, 6) is -0.114. The highest BCUT2D eigenvalue weighted by Crippen LogP contribution is 2.09. The Morgan fingerprint density at radius 1 is 1.47 bits per heavy atom. The minimum atomic E-state index is -0.114. The quantitative estimate of drug-likeness (QED) is 0.812. The lowest BCUT2D eigenvalue weighted by atomic mass is 10.2. The van der Waals surface area contributed by atoms with Crippen molar-refractivity contribution in [3.05, 3.63) is 35.6 Å². The molecule has 1 N–H and O–H groups in total. The monoisotopic (exact) mass is 208 g/mol. The molecule has 0 radical (unpaired) electrons. The molecule has 0 spiro atoms. The van der Waals surface area contributed by atoms with Crippen LogP contribution in [0, 0.1) is 5.82 Å². The number of likely N-dealkylation sites (tertiary alicyclic amines) is 1. The van der Waals surface area contributed by atoms with Crippen LogP contribution in [0.25, 0.3) is 0 Å². The number of hydrogen-bond donors (Lipinski definition) is 1. The van der Waals surface area contributed by atoms with Gasteiger partial charge in [-0.15, -0.1) is 0 Å². The van der Waals surface area contributed by atoms with Crippen molar-refractivity contribution in [1.82, 2.24) is 10.2 Å². The number of rotatable bonds is 3. The molecule has 1 heterocycles. The van der Waals surface area contributed by atoms with Crippen molar-refractivity contribution >= 4 is 0 Å². The molecule has 0 bridgehead atoms. The van der Waals surface area contributed by atoms with Crippen molar-refractivity contribution in [3.63, 3.8) is 0 Å². The maximum Gasteiger partial charge on any atom is 0.127 e. The first-order valence-corrected chi connectivity index (χ1v) is 5.41. The van der Waals surface area contributed by atoms with Crippen LogP contribution in [0.2, 0.25) is 0 Å². The number of halogens is 1. The molecule has 1 saturated heterocycles. The van der Waals surface area contributed by atoms with E-state index in [-0.39, 0.29) is 5.82 Å². The third-order valence-corrected chi connectivity index (χ3v) is 2.93. The number of nitrogens with zero attached hydrogens (tertiary/aromatic N) is 1. The Morgan fingerprint density at radius 3 is 2.93 bits per heavy atom. The molecule has 1 aliphatic rings. The molecule has 2 nitrogen and oxygen atoms in total. The van der Waals surface area contributed by atoms with E-state index in [4.69, 9.17) is 0 Å². The van der Waals surface area contributed by atoms with Crippen molar-refractivity contribution in [2.75, 3.05) is 20.1 Å². The third kappa shape index (κ3) is 2.76. The lowest BCUT2D eigenvalue weighted by molar-refractivity contribution is 0.397. The average Bonchev–Trinajstić information content (AvgIpc) is 2.63. The molecule has 1 aromatic rings. The fraction of sp³-hybridized carbons (Fsp3) is 0.500. The SMILES string of the molecule is CN1CC[C@H](NCc2ccccc2F)C1. The summed E-state index contributed by atoms with van der Waals surface area (Å²) in [4.78, 5) is 2.29. The van der Waals surface area contributed by atoms with Crippen molar-refractivity contribution in [3.8, 4) is 0 Å². The number of likely N-dealkylation sites (N-methyl/N-ethyl adjacent to an activating group) is 1. The molecule has 0 saturated carbocycles. The topological polar surface area (TPSA) is 15.3 Å². The van der Waals surface area contributed by atoms with E-state index in [1.165, 1.54) is 6.07 Å². The zero-order chi connectivity index (χ0) is 10.7. The molecule has 1 fully saturated rings. The summed E-state index contributed by atoms with van der Waals surface area (Å²) in [5.41, 5.74) is 0.757. The summed E-state index contributed by atoms with van der Waals surface area (Å²) in [6.07, 6.45) is 1.16. The molecule has 82 valence electrons. The van der Waals surface area contributed by atoms with Crippen LogP contribution in [-0.2, 0) is 6.54 Å². The largest absolute Gasteiger partial charge is 0.308 e. The first-order chi connectivity index (χ1) is 7.25. The Hall–Kier alpha value is -0.930. The molecule has 2 rings (SSSR count). The van der Waals surface area contributed by atoms with E-state index >= 15 is 0 Å². The molecule has 15 heavy (non-hydrogen) atoms. The van der Waals surface area contributed by atoms with Gasteiger partial charge in [0.2, 0.25) is 0 Å². The molecule has 0 amide bonds. The summed E-state index contributed by atoms with van der Waals surface area (Å²) in [5, 5.41) is 3.39. The standard InChI is InChI=1S/C12H17FN2/c1-15-7-6-11(9-15)14-8-10-4-2-3-5-12(10)13/h2-5,11,14H,6-9H2,1H3/t11-/m0/s1. The summed E-state index contributed by atoms with van der Waals surface area (Å²) < 4.78 is 13.3. The second-order valence-electron chi connectivity index (χ2n) is 4.22. The van der Waals surface area contributed by atoms with Crippen LogP contribution in [-0.4, -0.2) is 31.1 Å². The first-order valence-electron chi connectivity index (χ1n) is 5.41. The van der Waals surface area contributed by atoms with Gasteiger partial charge in [0, 0.05) is 24.7 Å². The normalized spacial score (nSPS) is 22.1. The van der Waals surface area contributed by atoms with Crippen LogP contribution in [0.4, 0.5) is 4.39 Å². The van der Waals surface area contributed by atoms with Gasteiger partial charge < -0.3 is 10.2 Å². The molecular weight excluding hydrogens is 191 g/mol. The number of hydrogen-bond acceptors (Lipinski definition) is 2. The minimum absolute atomic E-state index is 0.114. The second kappa shape index (κ2) is 4.73. The maximum absolute atomic E-state index is 13.3. The van der Waals surface area contributed by atoms with Gasteiger partial charge in [-0.05, 0) is 26.1 Å². The van der Waals surface area contributed by atoms with Crippen LogP contribution in [0.15, 0.2) is 24.3 Å². The van der Waals surface area contributed by atoms with Crippen molar-refractivity contribution in [2.45, 2.75) is 19.0 Å². The molecular formula is C12H17FN2. The molecule has 1 aliphatic heterocycles. The number of nitrogens with one attached hydrogen (secondary N) is 1. The van der Waals surface area contributed by atoms with Gasteiger partial charge in [0.15, 0.2) is 0 Å². The van der Waals surface area contributed by atoms with Crippen LogP contribution < -0.4 is 5.32 Å². The second-order valence-corrected chi connectivity index (χ2v) is 4.22. The minimum Gasteiger partial charge on any atom is -0.308 e. The van der Waals surface area contributed by atoms with Gasteiger partial charge in [-0.25, -0.2) is 4.39 Å². The van der Waals surface area contributed by atoms with Gasteiger partial charge in [-0.3, -0.25) is 0 Å².